The number of aromatic nitrogens is 2. The lowest BCUT2D eigenvalue weighted by Crippen LogP contribution is -3.18. The molecule has 0 unspecified atom stereocenters. The van der Waals surface area contributed by atoms with E-state index in [1.54, 1.807) is 0 Å². The monoisotopic (exact) mass is 388 g/mol. The van der Waals surface area contributed by atoms with Crippen LogP contribution in [0.25, 0.3) is 16.6 Å². The molecule has 4 rings (SSSR count). The average Bonchev–Trinajstić information content (AvgIpc) is 3.18. The Bertz CT molecular complexity index is 1050. The number of piperazine rings is 1. The Hall–Kier alpha value is -3.30. The molecule has 1 fully saturated rings. The number of benzene rings is 2. The van der Waals surface area contributed by atoms with E-state index in [0.29, 0.717) is 5.82 Å². The molecule has 0 saturated carbocycles. The fraction of sp³-hybridized carbons (Fsp3) is 0.304. The number of rotatable bonds is 4. The van der Waals surface area contributed by atoms with Crippen molar-refractivity contribution >= 4 is 22.3 Å². The van der Waals surface area contributed by atoms with Crippen LogP contribution in [-0.2, 0) is 0 Å². The van der Waals surface area contributed by atoms with E-state index in [0.717, 1.165) is 37.2 Å². The highest BCUT2D eigenvalue weighted by Crippen LogP contribution is 2.21. The Morgan fingerprint density at radius 1 is 1.17 bits per heavy atom. The summed E-state index contributed by atoms with van der Waals surface area (Å²) < 4.78 is 0. The fourth-order valence-corrected chi connectivity index (χ4v) is 4.10. The van der Waals surface area contributed by atoms with E-state index in [4.69, 9.17) is 0 Å². The topological polar surface area (TPSA) is 80.4 Å². The molecule has 3 N–H and O–H groups in total. The average molecular weight is 388 g/mol. The first-order valence-corrected chi connectivity index (χ1v) is 10.0. The zero-order valence-corrected chi connectivity index (χ0v) is 16.8. The Balaban J connectivity index is 1.52. The summed E-state index contributed by atoms with van der Waals surface area (Å²) in [7, 11) is 0. The second kappa shape index (κ2) is 7.98. The SMILES string of the molecule is Cc1ccccc1N1CC[NH+]([C@@H](C)/C(O)=C(\C#N)c2nc3ccccc3[nH]2)CC1. The van der Waals surface area contributed by atoms with Gasteiger partial charge >= 0.3 is 0 Å². The zero-order chi connectivity index (χ0) is 20.4. The van der Waals surface area contributed by atoms with Crippen LogP contribution in [0.2, 0.25) is 0 Å². The number of aryl methyl sites for hydroxylation is 1. The van der Waals surface area contributed by atoms with Crippen LogP contribution in [0, 0.1) is 18.3 Å². The molecule has 0 radical (unpaired) electrons. The van der Waals surface area contributed by atoms with Crippen molar-refractivity contribution in [3.8, 4) is 6.07 Å². The summed E-state index contributed by atoms with van der Waals surface area (Å²) in [6, 6.07) is 18.0. The number of imidazole rings is 1. The Morgan fingerprint density at radius 3 is 2.55 bits per heavy atom. The molecule has 1 atom stereocenters. The zero-order valence-electron chi connectivity index (χ0n) is 16.8. The third kappa shape index (κ3) is 3.69. The van der Waals surface area contributed by atoms with Gasteiger partial charge in [0.15, 0.2) is 11.6 Å². The third-order valence-corrected chi connectivity index (χ3v) is 5.88. The first-order valence-electron chi connectivity index (χ1n) is 10.0. The molecule has 0 amide bonds. The highest BCUT2D eigenvalue weighted by atomic mass is 16.3. The van der Waals surface area contributed by atoms with Crippen molar-refractivity contribution in [2.45, 2.75) is 19.9 Å². The number of hydrogen-bond acceptors (Lipinski definition) is 4. The first kappa shape index (κ1) is 19.0. The van der Waals surface area contributed by atoms with E-state index >= 15 is 0 Å². The number of quaternary nitrogens is 1. The van der Waals surface area contributed by atoms with E-state index in [1.165, 1.54) is 16.2 Å². The number of anilines is 1. The Kier molecular flexibility index (Phi) is 5.24. The maximum absolute atomic E-state index is 10.9. The second-order valence-electron chi connectivity index (χ2n) is 7.63. The number of aliphatic hydroxyl groups excluding tert-OH is 1. The number of allylic oxidation sites excluding steroid dienone is 1. The molecule has 1 saturated heterocycles. The standard InChI is InChI=1S/C23H25N5O/c1-16-7-3-6-10-21(16)28-13-11-27(12-14-28)17(2)22(29)18(15-24)23-25-19-8-4-5-9-20(19)26-23/h3-10,17,29H,11-14H2,1-2H3,(H,25,26)/p+1/b22-18-/t17-/m0/s1. The third-order valence-electron chi connectivity index (χ3n) is 5.88. The van der Waals surface area contributed by atoms with Crippen LogP contribution in [0.3, 0.4) is 0 Å². The lowest BCUT2D eigenvalue weighted by molar-refractivity contribution is -0.919. The number of aliphatic hydroxyl groups is 1. The number of H-pyrrole nitrogens is 1. The molecule has 2 aromatic carbocycles. The van der Waals surface area contributed by atoms with Crippen LogP contribution in [0.1, 0.15) is 18.3 Å². The molecule has 0 aliphatic carbocycles. The normalized spacial score (nSPS) is 17.1. The number of para-hydroxylation sites is 3. The molecule has 148 valence electrons. The number of aromatic amines is 1. The van der Waals surface area contributed by atoms with Gasteiger partial charge in [-0.05, 0) is 37.6 Å². The van der Waals surface area contributed by atoms with Crippen LogP contribution in [0.15, 0.2) is 54.3 Å². The number of hydrogen-bond donors (Lipinski definition) is 3. The molecule has 0 bridgehead atoms. The number of nitrogens with one attached hydrogen (secondary N) is 2. The number of nitrogens with zero attached hydrogens (tertiary/aromatic N) is 3. The predicted molar refractivity (Wildman–Crippen MR) is 115 cm³/mol. The van der Waals surface area contributed by atoms with Crippen LogP contribution in [-0.4, -0.2) is 47.3 Å². The molecule has 6 nitrogen and oxygen atoms in total. The maximum atomic E-state index is 10.9. The van der Waals surface area contributed by atoms with Crippen molar-refractivity contribution in [1.82, 2.24) is 9.97 Å². The molecule has 1 aliphatic heterocycles. The van der Waals surface area contributed by atoms with E-state index in [1.807, 2.05) is 31.2 Å². The van der Waals surface area contributed by atoms with Crippen molar-refractivity contribution in [3.05, 3.63) is 65.7 Å². The van der Waals surface area contributed by atoms with Crippen molar-refractivity contribution in [2.75, 3.05) is 31.1 Å². The molecule has 3 aromatic rings. The molecule has 1 aliphatic rings. The van der Waals surface area contributed by atoms with Gasteiger partial charge in [-0.1, -0.05) is 30.3 Å². The maximum Gasteiger partial charge on any atom is 0.172 e. The smallest absolute Gasteiger partial charge is 0.172 e. The van der Waals surface area contributed by atoms with Gasteiger partial charge in [0.05, 0.1) is 37.2 Å². The molecule has 0 spiro atoms. The van der Waals surface area contributed by atoms with Gasteiger partial charge < -0.3 is 19.9 Å². The van der Waals surface area contributed by atoms with Gasteiger partial charge in [-0.15, -0.1) is 0 Å². The second-order valence-corrected chi connectivity index (χ2v) is 7.63. The van der Waals surface area contributed by atoms with Crippen LogP contribution in [0.4, 0.5) is 5.69 Å². The summed E-state index contributed by atoms with van der Waals surface area (Å²) in [5.41, 5.74) is 4.43. The Labute approximate surface area is 170 Å². The Morgan fingerprint density at radius 2 is 1.86 bits per heavy atom. The summed E-state index contributed by atoms with van der Waals surface area (Å²) in [5, 5.41) is 20.6. The van der Waals surface area contributed by atoms with Gasteiger partial charge in [-0.2, -0.15) is 5.26 Å². The van der Waals surface area contributed by atoms with E-state index < -0.39 is 0 Å². The number of fused-ring (bicyclic) bond motifs is 1. The van der Waals surface area contributed by atoms with Gasteiger partial charge in [-0.25, -0.2) is 4.98 Å². The molecule has 29 heavy (non-hydrogen) atoms. The summed E-state index contributed by atoms with van der Waals surface area (Å²) in [6.45, 7) is 7.76. The first-order chi connectivity index (χ1) is 14.1. The molecular weight excluding hydrogens is 362 g/mol. The molecular formula is C23H26N5O+. The minimum absolute atomic E-state index is 0.103. The van der Waals surface area contributed by atoms with Crippen LogP contribution in [0.5, 0.6) is 0 Å². The highest BCUT2D eigenvalue weighted by molar-refractivity contribution is 5.82. The van der Waals surface area contributed by atoms with Crippen molar-refractivity contribution in [1.29, 1.82) is 5.26 Å². The fourth-order valence-electron chi connectivity index (χ4n) is 4.10. The van der Waals surface area contributed by atoms with Crippen LogP contribution >= 0.6 is 0 Å². The van der Waals surface area contributed by atoms with E-state index in [-0.39, 0.29) is 17.4 Å². The predicted octanol–water partition coefficient (Wildman–Crippen LogP) is 2.46. The van der Waals surface area contributed by atoms with Gasteiger partial charge in [0, 0.05) is 5.69 Å². The summed E-state index contributed by atoms with van der Waals surface area (Å²) in [5.74, 6) is 0.530. The lowest BCUT2D eigenvalue weighted by atomic mass is 10.1. The van der Waals surface area contributed by atoms with Gasteiger partial charge in [0.2, 0.25) is 0 Å². The summed E-state index contributed by atoms with van der Waals surface area (Å²) >= 11 is 0. The minimum Gasteiger partial charge on any atom is -0.505 e. The van der Waals surface area contributed by atoms with Crippen molar-refractivity contribution in [3.63, 3.8) is 0 Å². The summed E-state index contributed by atoms with van der Waals surface area (Å²) in [4.78, 5) is 11.3. The number of nitriles is 1. The lowest BCUT2D eigenvalue weighted by Gasteiger charge is -2.37. The van der Waals surface area contributed by atoms with E-state index in [9.17, 15) is 10.4 Å². The minimum atomic E-state index is -0.170. The van der Waals surface area contributed by atoms with Gasteiger partial charge in [0.1, 0.15) is 17.7 Å². The largest absolute Gasteiger partial charge is 0.505 e. The quantitative estimate of drug-likeness (QED) is 0.474. The molecule has 6 heteroatoms. The molecule has 2 heterocycles. The highest BCUT2D eigenvalue weighted by Gasteiger charge is 2.30. The van der Waals surface area contributed by atoms with Gasteiger partial charge in [0.25, 0.3) is 0 Å². The van der Waals surface area contributed by atoms with Crippen molar-refractivity contribution in [2.24, 2.45) is 0 Å². The van der Waals surface area contributed by atoms with Crippen LogP contribution < -0.4 is 9.80 Å². The molecule has 1 aromatic heterocycles. The van der Waals surface area contributed by atoms with Crippen molar-refractivity contribution < 1.29 is 10.0 Å². The van der Waals surface area contributed by atoms with E-state index in [2.05, 4.69) is 52.1 Å². The summed E-state index contributed by atoms with van der Waals surface area (Å²) in [6.07, 6.45) is 0. The van der Waals surface area contributed by atoms with Gasteiger partial charge in [-0.3, -0.25) is 0 Å².